The lowest BCUT2D eigenvalue weighted by atomic mass is 9.92. The van der Waals surface area contributed by atoms with Gasteiger partial charge in [-0.3, -0.25) is 9.59 Å². The van der Waals surface area contributed by atoms with Crippen molar-refractivity contribution in [2.45, 2.75) is 52.9 Å². The number of anilines is 1. The third-order valence-corrected chi connectivity index (χ3v) is 5.00. The molecule has 0 atom stereocenters. The molecule has 0 bridgehead atoms. The zero-order valence-corrected chi connectivity index (χ0v) is 18.0. The van der Waals surface area contributed by atoms with E-state index in [1.165, 1.54) is 24.0 Å². The smallest absolute Gasteiger partial charge is 0.244 e. The summed E-state index contributed by atoms with van der Waals surface area (Å²) in [5.74, 6) is -0.128. The molecule has 0 aromatic heterocycles. The van der Waals surface area contributed by atoms with Gasteiger partial charge in [-0.1, -0.05) is 58.0 Å². The summed E-state index contributed by atoms with van der Waals surface area (Å²) in [5.41, 5.74) is 3.95. The lowest BCUT2D eigenvalue weighted by molar-refractivity contribution is -0.132. The standard InChI is InChI=1S/C24H31FN2O2/c1-16(2)21-7-6-8-22(17(3)4)24(21)26-23(29)15-27(18(5)28)14-13-19-9-11-20(25)12-10-19/h6-12,16-17H,13-15H2,1-5H3,(H,26,29). The Kier molecular flexibility index (Phi) is 7.94. The zero-order chi connectivity index (χ0) is 21.6. The van der Waals surface area contributed by atoms with Gasteiger partial charge in [0.1, 0.15) is 5.82 Å². The number of nitrogens with zero attached hydrogens (tertiary/aromatic N) is 1. The van der Waals surface area contributed by atoms with Gasteiger partial charge in [0.05, 0.1) is 6.54 Å². The minimum absolute atomic E-state index is 0.0134. The molecule has 2 aromatic rings. The Morgan fingerprint density at radius 1 is 0.966 bits per heavy atom. The van der Waals surface area contributed by atoms with Crippen LogP contribution in [0.15, 0.2) is 42.5 Å². The molecule has 0 radical (unpaired) electrons. The van der Waals surface area contributed by atoms with E-state index in [0.29, 0.717) is 13.0 Å². The minimum atomic E-state index is -0.290. The van der Waals surface area contributed by atoms with Gasteiger partial charge in [-0.05, 0) is 47.1 Å². The summed E-state index contributed by atoms with van der Waals surface area (Å²) in [4.78, 5) is 26.3. The lowest BCUT2D eigenvalue weighted by Crippen LogP contribution is -2.38. The van der Waals surface area contributed by atoms with E-state index in [1.54, 1.807) is 12.1 Å². The maximum absolute atomic E-state index is 13.1. The topological polar surface area (TPSA) is 49.4 Å². The van der Waals surface area contributed by atoms with E-state index in [0.717, 1.165) is 22.4 Å². The molecule has 29 heavy (non-hydrogen) atoms. The Hall–Kier alpha value is -2.69. The van der Waals surface area contributed by atoms with Gasteiger partial charge in [-0.2, -0.15) is 0 Å². The number of benzene rings is 2. The molecule has 156 valence electrons. The van der Waals surface area contributed by atoms with Crippen molar-refractivity contribution in [2.75, 3.05) is 18.4 Å². The minimum Gasteiger partial charge on any atom is -0.333 e. The van der Waals surface area contributed by atoms with E-state index in [2.05, 4.69) is 33.0 Å². The first-order chi connectivity index (χ1) is 13.7. The van der Waals surface area contributed by atoms with Gasteiger partial charge in [0, 0.05) is 19.2 Å². The van der Waals surface area contributed by atoms with Crippen molar-refractivity contribution in [1.82, 2.24) is 4.90 Å². The van der Waals surface area contributed by atoms with Crippen LogP contribution in [0.2, 0.25) is 0 Å². The number of nitrogens with one attached hydrogen (secondary N) is 1. The maximum Gasteiger partial charge on any atom is 0.244 e. The summed E-state index contributed by atoms with van der Waals surface area (Å²) in [6, 6.07) is 12.3. The van der Waals surface area contributed by atoms with Gasteiger partial charge < -0.3 is 10.2 Å². The van der Waals surface area contributed by atoms with Gasteiger partial charge in [-0.15, -0.1) is 0 Å². The molecule has 0 fully saturated rings. The number of amides is 2. The Balaban J connectivity index is 2.11. The predicted octanol–water partition coefficient (Wildman–Crippen LogP) is 5.10. The molecule has 0 heterocycles. The van der Waals surface area contributed by atoms with Crippen molar-refractivity contribution >= 4 is 17.5 Å². The Morgan fingerprint density at radius 3 is 2.00 bits per heavy atom. The van der Waals surface area contributed by atoms with Crippen LogP contribution in [0.25, 0.3) is 0 Å². The van der Waals surface area contributed by atoms with E-state index in [4.69, 9.17) is 0 Å². The second kappa shape index (κ2) is 10.2. The quantitative estimate of drug-likeness (QED) is 0.672. The molecule has 2 amide bonds. The van der Waals surface area contributed by atoms with E-state index >= 15 is 0 Å². The molecule has 0 unspecified atom stereocenters. The van der Waals surface area contributed by atoms with Crippen molar-refractivity contribution < 1.29 is 14.0 Å². The van der Waals surface area contributed by atoms with Crippen molar-refractivity contribution in [3.8, 4) is 0 Å². The summed E-state index contributed by atoms with van der Waals surface area (Å²) in [6.07, 6.45) is 0.562. The van der Waals surface area contributed by atoms with Crippen LogP contribution in [0.5, 0.6) is 0 Å². The fraction of sp³-hybridized carbons (Fsp3) is 0.417. The monoisotopic (exact) mass is 398 g/mol. The molecule has 0 aliphatic heterocycles. The number of carbonyl (C=O) groups is 2. The lowest BCUT2D eigenvalue weighted by Gasteiger charge is -2.23. The summed E-state index contributed by atoms with van der Waals surface area (Å²) in [6.45, 7) is 10.2. The molecular formula is C24H31FN2O2. The molecule has 0 aliphatic carbocycles. The zero-order valence-electron chi connectivity index (χ0n) is 18.0. The highest BCUT2D eigenvalue weighted by Crippen LogP contribution is 2.32. The van der Waals surface area contributed by atoms with Crippen molar-refractivity contribution in [1.29, 1.82) is 0 Å². The predicted molar refractivity (Wildman–Crippen MR) is 116 cm³/mol. The summed E-state index contributed by atoms with van der Waals surface area (Å²) < 4.78 is 13.1. The van der Waals surface area contributed by atoms with E-state index in [9.17, 15) is 14.0 Å². The highest BCUT2D eigenvalue weighted by atomic mass is 19.1. The third kappa shape index (κ3) is 6.41. The molecule has 5 heteroatoms. The molecule has 2 aromatic carbocycles. The Labute approximate surface area is 173 Å². The van der Waals surface area contributed by atoms with E-state index < -0.39 is 0 Å². The summed E-state index contributed by atoms with van der Waals surface area (Å²) in [7, 11) is 0. The van der Waals surface area contributed by atoms with Gasteiger partial charge in [0.2, 0.25) is 11.8 Å². The van der Waals surface area contributed by atoms with Gasteiger partial charge in [-0.25, -0.2) is 4.39 Å². The number of halogens is 1. The maximum atomic E-state index is 13.1. The van der Waals surface area contributed by atoms with Crippen molar-refractivity contribution in [2.24, 2.45) is 0 Å². The molecule has 1 N–H and O–H groups in total. The van der Waals surface area contributed by atoms with Crippen LogP contribution in [0.3, 0.4) is 0 Å². The molecule has 4 nitrogen and oxygen atoms in total. The Morgan fingerprint density at radius 2 is 1.52 bits per heavy atom. The second-order valence-corrected chi connectivity index (χ2v) is 7.99. The summed E-state index contributed by atoms with van der Waals surface area (Å²) in [5, 5.41) is 3.05. The van der Waals surface area contributed by atoms with Crippen LogP contribution >= 0.6 is 0 Å². The van der Waals surface area contributed by atoms with Gasteiger partial charge >= 0.3 is 0 Å². The van der Waals surface area contributed by atoms with E-state index in [-0.39, 0.29) is 36.0 Å². The average Bonchev–Trinajstić information content (AvgIpc) is 2.65. The van der Waals surface area contributed by atoms with E-state index in [1.807, 2.05) is 18.2 Å². The van der Waals surface area contributed by atoms with Crippen LogP contribution in [-0.2, 0) is 16.0 Å². The third-order valence-electron chi connectivity index (χ3n) is 5.00. The van der Waals surface area contributed by atoms with Crippen LogP contribution in [0.4, 0.5) is 10.1 Å². The Bertz CT molecular complexity index is 818. The highest BCUT2D eigenvalue weighted by Gasteiger charge is 2.18. The molecule has 0 saturated heterocycles. The number of rotatable bonds is 8. The normalized spacial score (nSPS) is 11.0. The SMILES string of the molecule is CC(=O)N(CCc1ccc(F)cc1)CC(=O)Nc1c(C(C)C)cccc1C(C)C. The molecule has 0 spiro atoms. The second-order valence-electron chi connectivity index (χ2n) is 7.99. The van der Waals surface area contributed by atoms with Crippen LogP contribution in [-0.4, -0.2) is 29.8 Å². The van der Waals surface area contributed by atoms with Crippen LogP contribution in [0, 0.1) is 5.82 Å². The number of carbonyl (C=O) groups excluding carboxylic acids is 2. The average molecular weight is 399 g/mol. The highest BCUT2D eigenvalue weighted by molar-refractivity contribution is 5.95. The largest absolute Gasteiger partial charge is 0.333 e. The summed E-state index contributed by atoms with van der Waals surface area (Å²) >= 11 is 0. The molecule has 2 rings (SSSR count). The van der Waals surface area contributed by atoms with Crippen molar-refractivity contribution in [3.63, 3.8) is 0 Å². The number of hydrogen-bond donors (Lipinski definition) is 1. The first-order valence-electron chi connectivity index (χ1n) is 10.1. The fourth-order valence-corrected chi connectivity index (χ4v) is 3.31. The molecular weight excluding hydrogens is 367 g/mol. The molecule has 0 aliphatic rings. The number of hydrogen-bond acceptors (Lipinski definition) is 2. The molecule has 0 saturated carbocycles. The fourth-order valence-electron chi connectivity index (χ4n) is 3.31. The number of para-hydroxylation sites is 1. The first-order valence-corrected chi connectivity index (χ1v) is 10.1. The first kappa shape index (κ1) is 22.6. The van der Waals surface area contributed by atoms with Crippen LogP contribution < -0.4 is 5.32 Å². The van der Waals surface area contributed by atoms with Gasteiger partial charge in [0.25, 0.3) is 0 Å². The van der Waals surface area contributed by atoms with Gasteiger partial charge in [0.15, 0.2) is 0 Å². The van der Waals surface area contributed by atoms with Crippen LogP contribution in [0.1, 0.15) is 63.1 Å². The van der Waals surface area contributed by atoms with Crippen molar-refractivity contribution in [3.05, 3.63) is 65.0 Å².